The predicted octanol–water partition coefficient (Wildman–Crippen LogP) is 3.82. The molecule has 216 valence electrons. The highest BCUT2D eigenvalue weighted by atomic mass is 32.2. The lowest BCUT2D eigenvalue weighted by molar-refractivity contribution is -0.452. The van der Waals surface area contributed by atoms with E-state index < -0.39 is 16.1 Å². The number of carbonyl (C=O) groups is 1. The van der Waals surface area contributed by atoms with Crippen LogP contribution in [0.25, 0.3) is 0 Å². The van der Waals surface area contributed by atoms with Gasteiger partial charge >= 0.3 is 5.91 Å². The number of amides is 1. The van der Waals surface area contributed by atoms with Crippen LogP contribution in [0.3, 0.4) is 0 Å². The molecule has 0 aliphatic carbocycles. The summed E-state index contributed by atoms with van der Waals surface area (Å²) in [6.45, 7) is 2.57. The third kappa shape index (κ3) is 5.17. The summed E-state index contributed by atoms with van der Waals surface area (Å²) in [5.74, 6) is 1.95. The van der Waals surface area contributed by atoms with Gasteiger partial charge in [0.2, 0.25) is 15.7 Å². The van der Waals surface area contributed by atoms with Gasteiger partial charge in [-0.05, 0) is 67.8 Å². The van der Waals surface area contributed by atoms with Gasteiger partial charge in [0.1, 0.15) is 0 Å². The smallest absolute Gasteiger partial charge is 0.405 e. The Kier molecular flexibility index (Phi) is 8.06. The number of sulfonamides is 1. The predicted molar refractivity (Wildman–Crippen MR) is 154 cm³/mol. The van der Waals surface area contributed by atoms with Crippen LogP contribution in [0.15, 0.2) is 59.5 Å². The third-order valence-electron chi connectivity index (χ3n) is 7.78. The maximum atomic E-state index is 14.4. The first-order valence-electron chi connectivity index (χ1n) is 13.5. The molecule has 0 aromatic heterocycles. The Hall–Kier alpha value is -3.89. The highest BCUT2D eigenvalue weighted by molar-refractivity contribution is 7.89. The molecule has 1 amide bonds. The van der Waals surface area contributed by atoms with Gasteiger partial charge in [-0.2, -0.15) is 8.88 Å². The molecule has 10 heteroatoms. The van der Waals surface area contributed by atoms with Gasteiger partial charge in [0, 0.05) is 13.0 Å². The molecule has 1 atom stereocenters. The zero-order chi connectivity index (χ0) is 29.3. The summed E-state index contributed by atoms with van der Waals surface area (Å²) in [5.41, 5.74) is 4.14. The summed E-state index contributed by atoms with van der Waals surface area (Å²) in [6.07, 6.45) is 1.61. The summed E-state index contributed by atoms with van der Waals surface area (Å²) < 4.78 is 52.6. The number of benzene rings is 3. The average molecular weight is 580 g/mol. The molecule has 3 aromatic rings. The topological polar surface area (TPSA) is 94.4 Å². The second kappa shape index (κ2) is 11.5. The maximum Gasteiger partial charge on any atom is 0.405 e. The minimum absolute atomic E-state index is 0.188. The Morgan fingerprint density at radius 1 is 0.854 bits per heavy atom. The fourth-order valence-corrected chi connectivity index (χ4v) is 7.30. The van der Waals surface area contributed by atoms with Crippen molar-refractivity contribution in [1.29, 1.82) is 0 Å². The van der Waals surface area contributed by atoms with Gasteiger partial charge in [-0.3, -0.25) is 0 Å². The lowest BCUT2D eigenvalue weighted by atomic mass is 9.91. The van der Waals surface area contributed by atoms with Gasteiger partial charge in [-0.1, -0.05) is 17.7 Å². The van der Waals surface area contributed by atoms with Crippen molar-refractivity contribution in [2.75, 3.05) is 41.5 Å². The van der Waals surface area contributed by atoms with Gasteiger partial charge < -0.3 is 18.9 Å². The second-order valence-electron chi connectivity index (χ2n) is 10.1. The Bertz CT molecular complexity index is 1610. The SMILES string of the molecule is COc1ccc(C2=[N+](C(=O)[C@@H]3CCCN3S(=O)(=O)c3ccc(C)cc3)CCc3cc(OC)c(OC)cc32)cc1OC. The lowest BCUT2D eigenvalue weighted by Crippen LogP contribution is -2.47. The zero-order valence-electron chi connectivity index (χ0n) is 24.0. The van der Waals surface area contributed by atoms with Crippen LogP contribution < -0.4 is 18.9 Å². The van der Waals surface area contributed by atoms with E-state index in [1.54, 1.807) is 63.3 Å². The number of rotatable bonds is 8. The van der Waals surface area contributed by atoms with Gasteiger partial charge in [-0.25, -0.2) is 13.2 Å². The van der Waals surface area contributed by atoms with E-state index in [-0.39, 0.29) is 17.3 Å². The zero-order valence-corrected chi connectivity index (χ0v) is 24.8. The Labute approximate surface area is 241 Å². The summed E-state index contributed by atoms with van der Waals surface area (Å²) in [4.78, 5) is 14.6. The van der Waals surface area contributed by atoms with Crippen LogP contribution in [-0.2, 0) is 21.2 Å². The highest BCUT2D eigenvalue weighted by Gasteiger charge is 2.46. The van der Waals surface area contributed by atoms with E-state index in [2.05, 4.69) is 0 Å². The Morgan fingerprint density at radius 3 is 2.15 bits per heavy atom. The molecule has 0 radical (unpaired) electrons. The second-order valence-corrected chi connectivity index (χ2v) is 12.0. The van der Waals surface area contributed by atoms with Crippen molar-refractivity contribution in [3.05, 3.63) is 76.9 Å². The molecule has 2 heterocycles. The average Bonchev–Trinajstić information content (AvgIpc) is 3.50. The van der Waals surface area contributed by atoms with Gasteiger partial charge in [0.15, 0.2) is 35.6 Å². The molecular weight excluding hydrogens is 544 g/mol. The van der Waals surface area contributed by atoms with E-state index in [1.165, 1.54) is 4.31 Å². The number of hydrogen-bond donors (Lipinski definition) is 0. The molecule has 2 aliphatic heterocycles. The molecule has 9 nitrogen and oxygen atoms in total. The summed E-state index contributed by atoms with van der Waals surface area (Å²) in [7, 11) is 2.42. The van der Waals surface area contributed by atoms with Crippen LogP contribution in [-0.4, -0.2) is 76.5 Å². The molecule has 5 rings (SSSR count). The Balaban J connectivity index is 1.66. The number of fused-ring (bicyclic) bond motifs is 1. The molecule has 2 aliphatic rings. The van der Waals surface area contributed by atoms with Crippen LogP contribution in [0.2, 0.25) is 0 Å². The van der Waals surface area contributed by atoms with Crippen LogP contribution in [0.4, 0.5) is 0 Å². The molecular formula is C31H35N2O7S+. The van der Waals surface area contributed by atoms with E-state index in [9.17, 15) is 13.2 Å². The first-order chi connectivity index (χ1) is 19.7. The Morgan fingerprint density at radius 2 is 1.49 bits per heavy atom. The fraction of sp³-hybridized carbons (Fsp3) is 0.355. The monoisotopic (exact) mass is 579 g/mol. The van der Waals surface area contributed by atoms with Crippen molar-refractivity contribution in [2.45, 2.75) is 37.1 Å². The molecule has 0 unspecified atom stereocenters. The van der Waals surface area contributed by atoms with Gasteiger partial charge in [0.25, 0.3) is 0 Å². The molecule has 0 bridgehead atoms. The summed E-state index contributed by atoms with van der Waals surface area (Å²) in [5, 5.41) is 0. The van der Waals surface area contributed by atoms with E-state index in [0.29, 0.717) is 54.5 Å². The highest BCUT2D eigenvalue weighted by Crippen LogP contribution is 2.36. The van der Waals surface area contributed by atoms with Crippen LogP contribution >= 0.6 is 0 Å². The van der Waals surface area contributed by atoms with Crippen molar-refractivity contribution < 1.29 is 36.7 Å². The van der Waals surface area contributed by atoms with Crippen molar-refractivity contribution in [1.82, 2.24) is 4.31 Å². The third-order valence-corrected chi connectivity index (χ3v) is 9.70. The van der Waals surface area contributed by atoms with Crippen molar-refractivity contribution in [2.24, 2.45) is 0 Å². The van der Waals surface area contributed by atoms with E-state index in [0.717, 1.165) is 22.3 Å². The molecule has 1 fully saturated rings. The largest absolute Gasteiger partial charge is 0.493 e. The van der Waals surface area contributed by atoms with E-state index in [4.69, 9.17) is 18.9 Å². The summed E-state index contributed by atoms with van der Waals surface area (Å²) in [6, 6.07) is 15.2. The fourth-order valence-electron chi connectivity index (χ4n) is 5.65. The minimum Gasteiger partial charge on any atom is -0.493 e. The number of hydrogen-bond acceptors (Lipinski definition) is 7. The number of methoxy groups -OCH3 is 4. The number of aryl methyl sites for hydroxylation is 1. The van der Waals surface area contributed by atoms with Crippen LogP contribution in [0.1, 0.15) is 35.1 Å². The van der Waals surface area contributed by atoms with E-state index >= 15 is 0 Å². The van der Waals surface area contributed by atoms with Gasteiger partial charge in [0.05, 0.1) is 44.5 Å². The first-order valence-corrected chi connectivity index (χ1v) is 14.9. The van der Waals surface area contributed by atoms with Crippen LogP contribution in [0, 0.1) is 6.92 Å². The van der Waals surface area contributed by atoms with Crippen LogP contribution in [0.5, 0.6) is 23.0 Å². The first kappa shape index (κ1) is 28.6. The lowest BCUT2D eigenvalue weighted by Gasteiger charge is -2.24. The van der Waals surface area contributed by atoms with Crippen molar-refractivity contribution in [3.8, 4) is 23.0 Å². The van der Waals surface area contributed by atoms with Gasteiger partial charge in [-0.15, -0.1) is 0 Å². The molecule has 41 heavy (non-hydrogen) atoms. The molecule has 3 aromatic carbocycles. The summed E-state index contributed by atoms with van der Waals surface area (Å²) >= 11 is 0. The van der Waals surface area contributed by atoms with Crippen molar-refractivity contribution >= 4 is 21.6 Å². The molecule has 0 saturated carbocycles. The molecule has 1 saturated heterocycles. The van der Waals surface area contributed by atoms with Crippen molar-refractivity contribution in [3.63, 3.8) is 0 Å². The quantitative estimate of drug-likeness (QED) is 0.375. The molecule has 0 N–H and O–H groups in total. The number of carbonyl (C=O) groups excluding carboxylic acids is 1. The number of ether oxygens (including phenoxy) is 4. The minimum atomic E-state index is -3.87. The van der Waals surface area contributed by atoms with E-state index in [1.807, 2.05) is 31.2 Å². The number of nitrogens with zero attached hydrogens (tertiary/aromatic N) is 2. The normalized spacial score (nSPS) is 17.2. The maximum absolute atomic E-state index is 14.4. The molecule has 0 spiro atoms. The standard InChI is InChI=1S/C31H35N2O7S/c1-20-8-11-23(12-9-20)41(35,36)33-15-6-7-25(33)31(34)32-16-14-21-17-28(39-4)29(40-5)19-24(21)30(32)22-10-13-26(37-2)27(18-22)38-3/h8-13,17-19,25H,6-7,14-16H2,1-5H3/q+1/t25-/m0/s1.